The summed E-state index contributed by atoms with van der Waals surface area (Å²) in [7, 11) is 1.53. The van der Waals surface area contributed by atoms with Gasteiger partial charge in [0.15, 0.2) is 6.10 Å². The Kier molecular flexibility index (Phi) is 5.78. The highest BCUT2D eigenvalue weighted by molar-refractivity contribution is 5.72. The lowest BCUT2D eigenvalue weighted by atomic mass is 10.3. The minimum absolute atomic E-state index is 0.402. The van der Waals surface area contributed by atoms with Crippen LogP contribution in [0.1, 0.15) is 13.3 Å². The third-order valence-corrected chi connectivity index (χ3v) is 1.23. The van der Waals surface area contributed by atoms with Crippen LogP contribution in [-0.2, 0) is 14.3 Å². The van der Waals surface area contributed by atoms with Gasteiger partial charge in [-0.3, -0.25) is 0 Å². The van der Waals surface area contributed by atoms with Gasteiger partial charge in [0.25, 0.3) is 0 Å². The number of ether oxygens (including phenoxy) is 2. The fourth-order valence-corrected chi connectivity index (χ4v) is 0.704. The summed E-state index contributed by atoms with van der Waals surface area (Å²) < 4.78 is 9.65. The van der Waals surface area contributed by atoms with Crippen LogP contribution in [0.5, 0.6) is 0 Å². The van der Waals surface area contributed by atoms with Crippen molar-refractivity contribution in [3.8, 4) is 0 Å². The van der Waals surface area contributed by atoms with E-state index in [0.29, 0.717) is 19.6 Å². The summed E-state index contributed by atoms with van der Waals surface area (Å²) in [6.45, 7) is 2.60. The van der Waals surface area contributed by atoms with E-state index in [4.69, 9.17) is 14.6 Å². The molecule has 0 saturated carbocycles. The molecule has 4 heteroatoms. The molecule has 4 nitrogen and oxygen atoms in total. The van der Waals surface area contributed by atoms with Gasteiger partial charge in [0.05, 0.1) is 0 Å². The molecule has 0 aromatic rings. The van der Waals surface area contributed by atoms with Crippen LogP contribution in [0, 0.1) is 0 Å². The summed E-state index contributed by atoms with van der Waals surface area (Å²) in [6.07, 6.45) is -0.320. The minimum atomic E-state index is -0.927. The second-order valence-corrected chi connectivity index (χ2v) is 2.06. The SMILES string of the molecule is CCOC(CCOC)C(=O)O. The lowest BCUT2D eigenvalue weighted by Gasteiger charge is -2.10. The number of hydrogen-bond donors (Lipinski definition) is 1. The zero-order valence-corrected chi connectivity index (χ0v) is 6.87. The predicted molar refractivity (Wildman–Crippen MR) is 39.5 cm³/mol. The molecule has 0 aromatic heterocycles. The van der Waals surface area contributed by atoms with Crippen molar-refractivity contribution in [2.24, 2.45) is 0 Å². The van der Waals surface area contributed by atoms with Gasteiger partial charge in [-0.1, -0.05) is 0 Å². The first-order valence-corrected chi connectivity index (χ1v) is 3.55. The molecule has 0 rings (SSSR count). The van der Waals surface area contributed by atoms with Crippen molar-refractivity contribution in [1.82, 2.24) is 0 Å². The molecule has 1 unspecified atom stereocenters. The number of methoxy groups -OCH3 is 1. The maximum atomic E-state index is 10.4. The first-order chi connectivity index (χ1) is 5.22. The Bertz CT molecular complexity index is 113. The van der Waals surface area contributed by atoms with E-state index in [-0.39, 0.29) is 0 Å². The topological polar surface area (TPSA) is 55.8 Å². The molecule has 0 spiro atoms. The van der Waals surface area contributed by atoms with Crippen molar-refractivity contribution in [3.05, 3.63) is 0 Å². The number of rotatable bonds is 6. The molecule has 0 bridgehead atoms. The molecule has 1 N–H and O–H groups in total. The van der Waals surface area contributed by atoms with Crippen LogP contribution >= 0.6 is 0 Å². The van der Waals surface area contributed by atoms with Gasteiger partial charge < -0.3 is 14.6 Å². The number of carboxylic acids is 1. The smallest absolute Gasteiger partial charge is 0.332 e. The van der Waals surface area contributed by atoms with Crippen molar-refractivity contribution >= 4 is 5.97 Å². The number of carboxylic acid groups (broad SMARTS) is 1. The fourth-order valence-electron chi connectivity index (χ4n) is 0.704. The second-order valence-electron chi connectivity index (χ2n) is 2.06. The van der Waals surface area contributed by atoms with Gasteiger partial charge in [-0.25, -0.2) is 4.79 Å². The highest BCUT2D eigenvalue weighted by Crippen LogP contribution is 1.98. The molecule has 0 aliphatic rings. The Morgan fingerprint density at radius 3 is 2.64 bits per heavy atom. The summed E-state index contributed by atoms with van der Waals surface area (Å²) in [6, 6.07) is 0. The van der Waals surface area contributed by atoms with Crippen molar-refractivity contribution < 1.29 is 19.4 Å². The van der Waals surface area contributed by atoms with Crippen molar-refractivity contribution in [1.29, 1.82) is 0 Å². The van der Waals surface area contributed by atoms with Crippen LogP contribution < -0.4 is 0 Å². The molecule has 66 valence electrons. The van der Waals surface area contributed by atoms with E-state index in [9.17, 15) is 4.79 Å². The van der Waals surface area contributed by atoms with Gasteiger partial charge in [0, 0.05) is 26.7 Å². The molecule has 0 amide bonds. The molecule has 11 heavy (non-hydrogen) atoms. The Balaban J connectivity index is 3.60. The Hall–Kier alpha value is -0.610. The largest absolute Gasteiger partial charge is 0.479 e. The third kappa shape index (κ3) is 4.75. The van der Waals surface area contributed by atoms with Crippen LogP contribution in [0.2, 0.25) is 0 Å². The summed E-state index contributed by atoms with van der Waals surface area (Å²) in [5.41, 5.74) is 0. The van der Waals surface area contributed by atoms with Crippen molar-refractivity contribution in [3.63, 3.8) is 0 Å². The van der Waals surface area contributed by atoms with Gasteiger partial charge >= 0.3 is 5.97 Å². The van der Waals surface area contributed by atoms with Crippen LogP contribution in [0.15, 0.2) is 0 Å². The highest BCUT2D eigenvalue weighted by Gasteiger charge is 2.15. The van der Waals surface area contributed by atoms with E-state index >= 15 is 0 Å². The monoisotopic (exact) mass is 162 g/mol. The van der Waals surface area contributed by atoms with E-state index in [1.807, 2.05) is 0 Å². The fraction of sp³-hybridized carbons (Fsp3) is 0.857. The van der Waals surface area contributed by atoms with Crippen molar-refractivity contribution in [2.75, 3.05) is 20.3 Å². The minimum Gasteiger partial charge on any atom is -0.479 e. The number of hydrogen-bond acceptors (Lipinski definition) is 3. The second kappa shape index (κ2) is 6.12. The van der Waals surface area contributed by atoms with Gasteiger partial charge in [0.1, 0.15) is 0 Å². The zero-order chi connectivity index (χ0) is 8.69. The summed E-state index contributed by atoms with van der Waals surface area (Å²) in [4.78, 5) is 10.4. The molecule has 0 aliphatic heterocycles. The third-order valence-electron chi connectivity index (χ3n) is 1.23. The molecule has 0 radical (unpaired) electrons. The van der Waals surface area contributed by atoms with Crippen LogP contribution in [0.3, 0.4) is 0 Å². The molecule has 0 saturated heterocycles. The van der Waals surface area contributed by atoms with E-state index in [1.165, 1.54) is 7.11 Å². The average Bonchev–Trinajstić information content (AvgIpc) is 1.97. The molecular formula is C7H14O4. The van der Waals surface area contributed by atoms with Gasteiger partial charge in [-0.05, 0) is 6.92 Å². The first-order valence-electron chi connectivity index (χ1n) is 3.55. The van der Waals surface area contributed by atoms with Crippen molar-refractivity contribution in [2.45, 2.75) is 19.4 Å². The molecular weight excluding hydrogens is 148 g/mol. The number of carbonyl (C=O) groups is 1. The summed E-state index contributed by atoms with van der Waals surface area (Å²) in [5.74, 6) is -0.927. The normalized spacial score (nSPS) is 12.9. The lowest BCUT2D eigenvalue weighted by molar-refractivity contribution is -0.151. The standard InChI is InChI=1S/C7H14O4/c1-3-11-6(7(8)9)4-5-10-2/h6H,3-5H2,1-2H3,(H,8,9). The van der Waals surface area contributed by atoms with Crippen LogP contribution in [-0.4, -0.2) is 37.5 Å². The van der Waals surface area contributed by atoms with E-state index in [1.54, 1.807) is 6.92 Å². The summed E-state index contributed by atoms with van der Waals surface area (Å²) >= 11 is 0. The quantitative estimate of drug-likeness (QED) is 0.618. The Morgan fingerprint density at radius 1 is 1.64 bits per heavy atom. The molecule has 0 heterocycles. The van der Waals surface area contributed by atoms with E-state index in [0.717, 1.165) is 0 Å². The molecule has 1 atom stereocenters. The van der Waals surface area contributed by atoms with Gasteiger partial charge in [-0.15, -0.1) is 0 Å². The van der Waals surface area contributed by atoms with Gasteiger partial charge in [-0.2, -0.15) is 0 Å². The number of aliphatic carboxylic acids is 1. The first kappa shape index (κ1) is 10.4. The Morgan fingerprint density at radius 2 is 2.27 bits per heavy atom. The predicted octanol–water partition coefficient (Wildman–Crippen LogP) is 0.513. The maximum Gasteiger partial charge on any atom is 0.332 e. The van der Waals surface area contributed by atoms with Gasteiger partial charge in [0.2, 0.25) is 0 Å². The van der Waals surface area contributed by atoms with Crippen LogP contribution in [0.25, 0.3) is 0 Å². The summed E-state index contributed by atoms with van der Waals surface area (Å²) in [5, 5.41) is 8.55. The molecule has 0 aliphatic carbocycles. The van der Waals surface area contributed by atoms with Crippen LogP contribution in [0.4, 0.5) is 0 Å². The maximum absolute atomic E-state index is 10.4. The average molecular weight is 162 g/mol. The zero-order valence-electron chi connectivity index (χ0n) is 6.87. The van der Waals surface area contributed by atoms with E-state index < -0.39 is 12.1 Å². The molecule has 0 fully saturated rings. The molecule has 0 aromatic carbocycles. The Labute approximate surface area is 66.1 Å². The van der Waals surface area contributed by atoms with E-state index in [2.05, 4.69) is 0 Å². The highest BCUT2D eigenvalue weighted by atomic mass is 16.5. The lowest BCUT2D eigenvalue weighted by Crippen LogP contribution is -2.25.